The maximum atomic E-state index is 6.22. The van der Waals surface area contributed by atoms with Crippen molar-refractivity contribution < 1.29 is 0 Å². The molecule has 0 fully saturated rings. The van der Waals surface area contributed by atoms with Gasteiger partial charge >= 0.3 is 0 Å². The molecular formula is C17H19Cl2N. The Morgan fingerprint density at radius 2 is 1.25 bits per heavy atom. The number of nitrogens with zero attached hydrogens (tertiary/aromatic N) is 1. The third kappa shape index (κ3) is 5.16. The zero-order valence-electron chi connectivity index (χ0n) is 11.4. The van der Waals surface area contributed by atoms with E-state index >= 15 is 0 Å². The molecule has 106 valence electrons. The fraction of sp³-hybridized carbons (Fsp3) is 0.294. The van der Waals surface area contributed by atoms with Crippen LogP contribution < -0.4 is 0 Å². The van der Waals surface area contributed by atoms with Crippen molar-refractivity contribution in [3.8, 4) is 0 Å². The number of hydrogen-bond donors (Lipinski definition) is 0. The van der Waals surface area contributed by atoms with E-state index in [1.165, 1.54) is 11.1 Å². The van der Waals surface area contributed by atoms with E-state index in [1.54, 1.807) is 0 Å². The normalized spacial score (nSPS) is 12.6. The summed E-state index contributed by atoms with van der Waals surface area (Å²) in [5, 5.41) is -0.0240. The first-order valence-corrected chi connectivity index (χ1v) is 7.75. The van der Waals surface area contributed by atoms with Gasteiger partial charge in [-0.1, -0.05) is 60.7 Å². The number of rotatable bonds is 7. The lowest BCUT2D eigenvalue weighted by atomic mass is 10.1. The Morgan fingerprint density at radius 1 is 0.800 bits per heavy atom. The number of halogens is 2. The second-order valence-electron chi connectivity index (χ2n) is 4.89. The summed E-state index contributed by atoms with van der Waals surface area (Å²) in [6.45, 7) is 2.56. The molecule has 1 unspecified atom stereocenters. The molecule has 0 saturated carbocycles. The largest absolute Gasteiger partial charge is 0.293 e. The highest BCUT2D eigenvalue weighted by Gasteiger charge is 2.12. The zero-order valence-corrected chi connectivity index (χ0v) is 12.9. The van der Waals surface area contributed by atoms with Gasteiger partial charge in [-0.25, -0.2) is 0 Å². The molecule has 0 heterocycles. The molecule has 2 aromatic carbocycles. The molecule has 0 aliphatic carbocycles. The van der Waals surface area contributed by atoms with Crippen LogP contribution in [0.3, 0.4) is 0 Å². The summed E-state index contributed by atoms with van der Waals surface area (Å²) in [6, 6.07) is 20.9. The van der Waals surface area contributed by atoms with Crippen LogP contribution in [0.4, 0.5) is 0 Å². The van der Waals surface area contributed by atoms with Crippen molar-refractivity contribution in [3.05, 3.63) is 71.8 Å². The minimum Gasteiger partial charge on any atom is -0.293 e. The average molecular weight is 308 g/mol. The van der Waals surface area contributed by atoms with Crippen molar-refractivity contribution in [2.24, 2.45) is 0 Å². The van der Waals surface area contributed by atoms with E-state index in [0.29, 0.717) is 5.88 Å². The molecule has 0 aliphatic rings. The number of hydrogen-bond acceptors (Lipinski definition) is 1. The van der Waals surface area contributed by atoms with Crippen LogP contribution in [0.25, 0.3) is 0 Å². The van der Waals surface area contributed by atoms with Gasteiger partial charge in [0.25, 0.3) is 0 Å². The van der Waals surface area contributed by atoms with E-state index in [-0.39, 0.29) is 5.38 Å². The fourth-order valence-corrected chi connectivity index (χ4v) is 2.49. The minimum atomic E-state index is -0.0240. The van der Waals surface area contributed by atoms with Gasteiger partial charge in [0.15, 0.2) is 0 Å². The van der Waals surface area contributed by atoms with Crippen molar-refractivity contribution in [1.82, 2.24) is 4.90 Å². The molecule has 0 saturated heterocycles. The first-order chi connectivity index (χ1) is 9.78. The Morgan fingerprint density at radius 3 is 1.65 bits per heavy atom. The summed E-state index contributed by atoms with van der Waals surface area (Å²) in [5.74, 6) is 0.474. The second kappa shape index (κ2) is 8.31. The Hall–Kier alpha value is -1.02. The van der Waals surface area contributed by atoms with Crippen LogP contribution in [0.15, 0.2) is 60.7 Å². The lowest BCUT2D eigenvalue weighted by Gasteiger charge is -2.24. The van der Waals surface area contributed by atoms with Crippen LogP contribution in [-0.4, -0.2) is 22.7 Å². The molecule has 3 heteroatoms. The van der Waals surface area contributed by atoms with Crippen molar-refractivity contribution in [2.75, 3.05) is 12.4 Å². The Bertz CT molecular complexity index is 445. The van der Waals surface area contributed by atoms with Gasteiger partial charge in [-0.05, 0) is 11.1 Å². The van der Waals surface area contributed by atoms with E-state index in [0.717, 1.165) is 19.6 Å². The van der Waals surface area contributed by atoms with Crippen LogP contribution in [-0.2, 0) is 13.1 Å². The highest BCUT2D eigenvalue weighted by atomic mass is 35.5. The third-order valence-corrected chi connectivity index (χ3v) is 3.94. The van der Waals surface area contributed by atoms with Crippen molar-refractivity contribution in [2.45, 2.75) is 18.5 Å². The Labute approximate surface area is 131 Å². The molecule has 2 aromatic rings. The molecule has 0 spiro atoms. The zero-order chi connectivity index (χ0) is 14.2. The molecule has 0 radical (unpaired) electrons. The summed E-state index contributed by atoms with van der Waals surface area (Å²) in [7, 11) is 0. The molecule has 0 bridgehead atoms. The maximum Gasteiger partial charge on any atom is 0.0598 e. The van der Waals surface area contributed by atoms with E-state index < -0.39 is 0 Å². The highest BCUT2D eigenvalue weighted by Crippen LogP contribution is 2.12. The average Bonchev–Trinajstić information content (AvgIpc) is 2.49. The smallest absolute Gasteiger partial charge is 0.0598 e. The van der Waals surface area contributed by atoms with E-state index in [9.17, 15) is 0 Å². The van der Waals surface area contributed by atoms with Crippen LogP contribution >= 0.6 is 23.2 Å². The topological polar surface area (TPSA) is 3.24 Å². The second-order valence-corrected chi connectivity index (χ2v) is 5.82. The molecule has 1 atom stereocenters. The van der Waals surface area contributed by atoms with Gasteiger partial charge in [0, 0.05) is 25.5 Å². The third-order valence-electron chi connectivity index (χ3n) is 3.12. The first kappa shape index (κ1) is 15.4. The van der Waals surface area contributed by atoms with Crippen molar-refractivity contribution in [1.29, 1.82) is 0 Å². The van der Waals surface area contributed by atoms with E-state index in [2.05, 4.69) is 53.4 Å². The van der Waals surface area contributed by atoms with Crippen molar-refractivity contribution >= 4 is 23.2 Å². The molecule has 0 amide bonds. The van der Waals surface area contributed by atoms with Gasteiger partial charge in [-0.2, -0.15) is 0 Å². The van der Waals surface area contributed by atoms with Gasteiger partial charge in [0.05, 0.1) is 5.38 Å². The molecule has 0 aliphatic heterocycles. The predicted molar refractivity (Wildman–Crippen MR) is 87.4 cm³/mol. The van der Waals surface area contributed by atoms with Crippen LogP contribution in [0.2, 0.25) is 0 Å². The van der Waals surface area contributed by atoms with E-state index in [4.69, 9.17) is 23.2 Å². The predicted octanol–water partition coefficient (Wildman–Crippen LogP) is 4.54. The van der Waals surface area contributed by atoms with Gasteiger partial charge in [-0.3, -0.25) is 4.90 Å². The van der Waals surface area contributed by atoms with Gasteiger partial charge in [-0.15, -0.1) is 23.2 Å². The Kier molecular flexibility index (Phi) is 6.38. The van der Waals surface area contributed by atoms with Gasteiger partial charge in [0.2, 0.25) is 0 Å². The molecule has 2 rings (SSSR count). The standard InChI is InChI=1S/C17H19Cl2N/c18-11-17(19)14-20(12-15-7-3-1-4-8-15)13-16-9-5-2-6-10-16/h1-10,17H,11-14H2. The van der Waals surface area contributed by atoms with Crippen LogP contribution in [0.5, 0.6) is 0 Å². The van der Waals surface area contributed by atoms with Crippen LogP contribution in [0, 0.1) is 0 Å². The molecule has 0 aromatic heterocycles. The highest BCUT2D eigenvalue weighted by molar-refractivity contribution is 6.28. The monoisotopic (exact) mass is 307 g/mol. The molecule has 20 heavy (non-hydrogen) atoms. The summed E-state index contributed by atoms with van der Waals surface area (Å²) in [5.41, 5.74) is 2.59. The van der Waals surface area contributed by atoms with Crippen LogP contribution in [0.1, 0.15) is 11.1 Å². The number of alkyl halides is 2. The quantitative estimate of drug-likeness (QED) is 0.679. The molecule has 1 nitrogen and oxygen atoms in total. The maximum absolute atomic E-state index is 6.22. The summed E-state index contributed by atoms with van der Waals surface area (Å²) in [4.78, 5) is 2.34. The van der Waals surface area contributed by atoms with Gasteiger partial charge < -0.3 is 0 Å². The van der Waals surface area contributed by atoms with Gasteiger partial charge in [0.1, 0.15) is 0 Å². The lowest BCUT2D eigenvalue weighted by molar-refractivity contribution is 0.260. The first-order valence-electron chi connectivity index (χ1n) is 6.78. The Balaban J connectivity index is 2.04. The summed E-state index contributed by atoms with van der Waals surface area (Å²) >= 11 is 12.1. The lowest BCUT2D eigenvalue weighted by Crippen LogP contribution is -2.30. The van der Waals surface area contributed by atoms with E-state index in [1.807, 2.05) is 12.1 Å². The molecule has 0 N–H and O–H groups in total. The SMILES string of the molecule is ClCC(Cl)CN(Cc1ccccc1)Cc1ccccc1. The fourth-order valence-electron chi connectivity index (χ4n) is 2.20. The summed E-state index contributed by atoms with van der Waals surface area (Å²) < 4.78 is 0. The van der Waals surface area contributed by atoms with Crippen molar-refractivity contribution in [3.63, 3.8) is 0 Å². The summed E-state index contributed by atoms with van der Waals surface area (Å²) in [6.07, 6.45) is 0. The minimum absolute atomic E-state index is 0.0240. The molecular weight excluding hydrogens is 289 g/mol. The number of benzene rings is 2.